The van der Waals surface area contributed by atoms with Gasteiger partial charge in [0.05, 0.1) is 5.69 Å². The molecule has 17 heavy (non-hydrogen) atoms. The minimum atomic E-state index is -4.40. The van der Waals surface area contributed by atoms with E-state index < -0.39 is 24.4 Å². The fourth-order valence-electron chi connectivity index (χ4n) is 1.25. The van der Waals surface area contributed by atoms with Gasteiger partial charge in [-0.3, -0.25) is 4.68 Å². The van der Waals surface area contributed by atoms with Crippen LogP contribution in [0.3, 0.4) is 0 Å². The topological polar surface area (TPSA) is 67.2 Å². The second-order valence-electron chi connectivity index (χ2n) is 3.43. The fraction of sp³-hybridized carbons (Fsp3) is 0.556. The van der Waals surface area contributed by atoms with Gasteiger partial charge in [0.15, 0.2) is 5.69 Å². The van der Waals surface area contributed by atoms with E-state index in [1.54, 1.807) is 0 Å². The lowest BCUT2D eigenvalue weighted by Crippen LogP contribution is -2.22. The summed E-state index contributed by atoms with van der Waals surface area (Å²) in [6.07, 6.45) is -2.43. The van der Waals surface area contributed by atoms with Crippen LogP contribution in [0.1, 0.15) is 23.8 Å². The number of alkyl halides is 3. The Morgan fingerprint density at radius 2 is 2.24 bits per heavy atom. The summed E-state index contributed by atoms with van der Waals surface area (Å²) < 4.78 is 37.3. The Bertz CT molecular complexity index is 401. The lowest BCUT2D eigenvalue weighted by atomic mass is 10.3. The van der Waals surface area contributed by atoms with Gasteiger partial charge in [0.2, 0.25) is 0 Å². The van der Waals surface area contributed by atoms with Crippen molar-refractivity contribution in [1.82, 2.24) is 9.78 Å². The summed E-state index contributed by atoms with van der Waals surface area (Å²) in [5.74, 6) is -1.36. The van der Waals surface area contributed by atoms with Crippen LogP contribution in [0.4, 0.5) is 18.9 Å². The van der Waals surface area contributed by atoms with Gasteiger partial charge in [0.1, 0.15) is 6.54 Å². The molecule has 96 valence electrons. The number of aromatic nitrogens is 2. The first kappa shape index (κ1) is 13.3. The molecular weight excluding hydrogens is 239 g/mol. The molecule has 0 amide bonds. The molecule has 0 fully saturated rings. The van der Waals surface area contributed by atoms with Gasteiger partial charge in [-0.2, -0.15) is 18.3 Å². The number of halogens is 3. The van der Waals surface area contributed by atoms with Crippen LogP contribution >= 0.6 is 0 Å². The molecule has 0 aliphatic heterocycles. The maximum Gasteiger partial charge on any atom is 0.405 e. The summed E-state index contributed by atoms with van der Waals surface area (Å²) in [6, 6.07) is 0. The summed E-state index contributed by atoms with van der Waals surface area (Å²) in [5.41, 5.74) is -0.522. The monoisotopic (exact) mass is 251 g/mol. The third kappa shape index (κ3) is 3.97. The average molecular weight is 251 g/mol. The van der Waals surface area contributed by atoms with Crippen LogP contribution in [0.15, 0.2) is 6.20 Å². The Morgan fingerprint density at radius 1 is 1.59 bits per heavy atom. The van der Waals surface area contributed by atoms with E-state index in [4.69, 9.17) is 5.11 Å². The average Bonchev–Trinajstić information content (AvgIpc) is 2.58. The van der Waals surface area contributed by atoms with Crippen LogP contribution in [0.25, 0.3) is 0 Å². The number of rotatable bonds is 5. The van der Waals surface area contributed by atoms with E-state index >= 15 is 0 Å². The number of carbonyl (C=O) groups is 1. The lowest BCUT2D eigenvalue weighted by molar-refractivity contribution is -0.115. The zero-order valence-electron chi connectivity index (χ0n) is 9.08. The van der Waals surface area contributed by atoms with Crippen molar-refractivity contribution in [3.05, 3.63) is 11.9 Å². The summed E-state index contributed by atoms with van der Waals surface area (Å²) in [5, 5.41) is 14.5. The molecular formula is C9H12F3N3O2. The van der Waals surface area contributed by atoms with Crippen LogP contribution in [-0.2, 0) is 6.54 Å². The zero-order chi connectivity index (χ0) is 13.1. The van der Waals surface area contributed by atoms with E-state index in [0.29, 0.717) is 13.0 Å². The van der Waals surface area contributed by atoms with E-state index in [0.717, 1.165) is 0 Å². The number of anilines is 1. The predicted octanol–water partition coefficient (Wildman–Crippen LogP) is 1.97. The molecule has 0 spiro atoms. The van der Waals surface area contributed by atoms with Gasteiger partial charge in [0, 0.05) is 12.7 Å². The highest BCUT2D eigenvalue weighted by atomic mass is 19.4. The Morgan fingerprint density at radius 3 is 2.71 bits per heavy atom. The molecule has 0 unspecified atom stereocenters. The molecule has 0 aromatic carbocycles. The Balaban J connectivity index is 2.85. The molecule has 8 heteroatoms. The predicted molar refractivity (Wildman–Crippen MR) is 54.0 cm³/mol. The highest BCUT2D eigenvalue weighted by Gasteiger charge is 2.28. The van der Waals surface area contributed by atoms with Crippen LogP contribution in [0, 0.1) is 0 Å². The van der Waals surface area contributed by atoms with Crippen molar-refractivity contribution < 1.29 is 23.1 Å². The van der Waals surface area contributed by atoms with Crippen molar-refractivity contribution in [3.63, 3.8) is 0 Å². The number of aryl methyl sites for hydroxylation is 1. The van der Waals surface area contributed by atoms with Gasteiger partial charge in [-0.25, -0.2) is 4.79 Å². The molecule has 1 rings (SSSR count). The molecule has 0 aliphatic carbocycles. The molecule has 2 N–H and O–H groups in total. The molecule has 0 aliphatic rings. The van der Waals surface area contributed by atoms with Crippen molar-refractivity contribution in [3.8, 4) is 0 Å². The summed E-state index contributed by atoms with van der Waals surface area (Å²) in [4.78, 5) is 10.8. The van der Waals surface area contributed by atoms with Gasteiger partial charge in [-0.15, -0.1) is 0 Å². The number of hydrogen-bond donors (Lipinski definition) is 2. The highest BCUT2D eigenvalue weighted by Crippen LogP contribution is 2.19. The number of nitrogens with zero attached hydrogens (tertiary/aromatic N) is 2. The van der Waals surface area contributed by atoms with Gasteiger partial charge in [-0.05, 0) is 6.42 Å². The highest BCUT2D eigenvalue weighted by molar-refractivity contribution is 5.91. The maximum absolute atomic E-state index is 12.0. The molecule has 5 nitrogen and oxygen atoms in total. The van der Waals surface area contributed by atoms with Gasteiger partial charge in [-0.1, -0.05) is 6.92 Å². The molecule has 0 atom stereocenters. The molecule has 0 saturated heterocycles. The van der Waals surface area contributed by atoms with Crippen molar-refractivity contribution >= 4 is 11.7 Å². The first-order valence-electron chi connectivity index (χ1n) is 4.95. The van der Waals surface area contributed by atoms with Crippen molar-refractivity contribution in [1.29, 1.82) is 0 Å². The normalized spacial score (nSPS) is 11.5. The number of aromatic carboxylic acids is 1. The van der Waals surface area contributed by atoms with Crippen molar-refractivity contribution in [2.24, 2.45) is 0 Å². The summed E-state index contributed by atoms with van der Waals surface area (Å²) in [7, 11) is 0. The number of hydrogen-bond acceptors (Lipinski definition) is 3. The van der Waals surface area contributed by atoms with Crippen molar-refractivity contribution in [2.45, 2.75) is 26.1 Å². The lowest BCUT2D eigenvalue weighted by Gasteiger charge is -2.07. The van der Waals surface area contributed by atoms with Crippen LogP contribution < -0.4 is 5.32 Å². The summed E-state index contributed by atoms with van der Waals surface area (Å²) >= 11 is 0. The second kappa shape index (κ2) is 5.07. The molecule has 1 heterocycles. The summed E-state index contributed by atoms with van der Waals surface area (Å²) in [6.45, 7) is 1.02. The van der Waals surface area contributed by atoms with Crippen LogP contribution in [0.2, 0.25) is 0 Å². The molecule has 1 aromatic rings. The van der Waals surface area contributed by atoms with E-state index in [1.165, 1.54) is 10.9 Å². The standard InChI is InChI=1S/C9H12F3N3O2/c1-2-3-15-4-6(7(14-15)8(16)17)13-5-9(10,11)12/h4,13H,2-3,5H2,1H3,(H,16,17). The largest absolute Gasteiger partial charge is 0.476 e. The van der Waals surface area contributed by atoms with E-state index in [2.05, 4.69) is 5.10 Å². The second-order valence-corrected chi connectivity index (χ2v) is 3.43. The minimum absolute atomic E-state index is 0.122. The Labute approximate surface area is 95.2 Å². The molecule has 1 aromatic heterocycles. The molecule has 0 saturated carbocycles. The number of carboxylic acids is 1. The van der Waals surface area contributed by atoms with Crippen LogP contribution in [0.5, 0.6) is 0 Å². The first-order chi connectivity index (χ1) is 7.83. The third-order valence-electron chi connectivity index (χ3n) is 1.90. The SMILES string of the molecule is CCCn1cc(NCC(F)(F)F)c(C(=O)O)n1. The molecule has 0 bridgehead atoms. The Kier molecular flexibility index (Phi) is 3.97. The van der Waals surface area contributed by atoms with Gasteiger partial charge < -0.3 is 10.4 Å². The quantitative estimate of drug-likeness (QED) is 0.839. The maximum atomic E-state index is 12.0. The van der Waals surface area contributed by atoms with E-state index in [-0.39, 0.29) is 5.69 Å². The smallest absolute Gasteiger partial charge is 0.405 e. The van der Waals surface area contributed by atoms with Gasteiger partial charge >= 0.3 is 12.1 Å². The number of carboxylic acid groups (broad SMARTS) is 1. The van der Waals surface area contributed by atoms with Crippen molar-refractivity contribution in [2.75, 3.05) is 11.9 Å². The zero-order valence-corrected chi connectivity index (χ0v) is 9.08. The molecule has 0 radical (unpaired) electrons. The first-order valence-corrected chi connectivity index (χ1v) is 4.95. The third-order valence-corrected chi connectivity index (χ3v) is 1.90. The minimum Gasteiger partial charge on any atom is -0.476 e. The van der Waals surface area contributed by atoms with Gasteiger partial charge in [0.25, 0.3) is 0 Å². The number of nitrogens with one attached hydrogen (secondary N) is 1. The fourth-order valence-corrected chi connectivity index (χ4v) is 1.25. The van der Waals surface area contributed by atoms with E-state index in [1.807, 2.05) is 12.2 Å². The Hall–Kier alpha value is -1.73. The van der Waals surface area contributed by atoms with Crippen LogP contribution in [-0.4, -0.2) is 33.6 Å². The van der Waals surface area contributed by atoms with E-state index in [9.17, 15) is 18.0 Å².